The van der Waals surface area contributed by atoms with Crippen molar-refractivity contribution in [1.82, 2.24) is 3.71 Å². The van der Waals surface area contributed by atoms with E-state index < -0.39 is 6.09 Å². The highest BCUT2D eigenvalue weighted by Gasteiger charge is 2.10. The number of nitrogens with zero attached hydrogens (tertiary/aromatic N) is 1. The molecule has 0 N–H and O–H groups in total. The van der Waals surface area contributed by atoms with E-state index in [1.807, 2.05) is 0 Å². The van der Waals surface area contributed by atoms with Crippen LogP contribution in [0.4, 0.5) is 4.79 Å². The number of thiol groups is 2. The third kappa shape index (κ3) is 3.01. The maximum Gasteiger partial charge on any atom is 0.435 e. The lowest BCUT2D eigenvalue weighted by molar-refractivity contribution is 0.197. The second-order valence-electron chi connectivity index (χ2n) is 2.57. The molecule has 0 aromatic heterocycles. The summed E-state index contributed by atoms with van der Waals surface area (Å²) in [6.45, 7) is 1.79. The molecule has 0 aliphatic carbocycles. The van der Waals surface area contributed by atoms with Crippen molar-refractivity contribution < 1.29 is 9.53 Å². The van der Waals surface area contributed by atoms with Gasteiger partial charge in [-0.05, 0) is 56.3 Å². The number of carbonyl (C=O) groups is 1. The highest BCUT2D eigenvalue weighted by molar-refractivity contribution is 7.94. The minimum Gasteiger partial charge on any atom is -0.409 e. The predicted molar refractivity (Wildman–Crippen MR) is 62.0 cm³/mol. The monoisotopic (exact) mass is 249 g/mol. The Kier molecular flexibility index (Phi) is 3.97. The van der Waals surface area contributed by atoms with Crippen LogP contribution in [0.15, 0.2) is 18.2 Å². The van der Waals surface area contributed by atoms with Gasteiger partial charge in [-0.2, -0.15) is 3.71 Å². The molecule has 0 fully saturated rings. The van der Waals surface area contributed by atoms with Gasteiger partial charge in [0.15, 0.2) is 0 Å². The molecule has 0 spiro atoms. The van der Waals surface area contributed by atoms with Crippen LogP contribution in [0.2, 0.25) is 5.02 Å². The van der Waals surface area contributed by atoms with Crippen molar-refractivity contribution in [3.05, 3.63) is 28.8 Å². The number of ether oxygens (including phenoxy) is 1. The van der Waals surface area contributed by atoms with Gasteiger partial charge in [-0.25, -0.2) is 4.79 Å². The average molecular weight is 250 g/mol. The van der Waals surface area contributed by atoms with Gasteiger partial charge in [-0.15, -0.1) is 0 Å². The van der Waals surface area contributed by atoms with Crippen LogP contribution in [0.5, 0.6) is 5.75 Å². The summed E-state index contributed by atoms with van der Waals surface area (Å²) in [7, 11) is 0. The topological polar surface area (TPSA) is 29.5 Å². The second kappa shape index (κ2) is 4.82. The van der Waals surface area contributed by atoms with Crippen LogP contribution in [0, 0.1) is 6.92 Å². The first-order chi connectivity index (χ1) is 6.50. The Labute approximate surface area is 98.1 Å². The highest BCUT2D eigenvalue weighted by Crippen LogP contribution is 2.22. The molecular formula is C8H8ClNO2S2. The third-order valence-electron chi connectivity index (χ3n) is 1.50. The van der Waals surface area contributed by atoms with E-state index in [-0.39, 0.29) is 0 Å². The first kappa shape index (κ1) is 11.6. The van der Waals surface area contributed by atoms with Crippen LogP contribution >= 0.6 is 37.2 Å². The Bertz CT molecular complexity index is 357. The van der Waals surface area contributed by atoms with Crippen molar-refractivity contribution in [3.63, 3.8) is 0 Å². The summed E-state index contributed by atoms with van der Waals surface area (Å²) in [5.41, 5.74) is 0.773. The second-order valence-corrected chi connectivity index (χ2v) is 4.12. The van der Waals surface area contributed by atoms with Gasteiger partial charge in [0.05, 0.1) is 0 Å². The fourth-order valence-corrected chi connectivity index (χ4v) is 1.17. The molecule has 0 unspecified atom stereocenters. The number of halogens is 1. The number of benzene rings is 1. The lowest BCUT2D eigenvalue weighted by atomic mass is 10.2. The van der Waals surface area contributed by atoms with Gasteiger partial charge in [0.1, 0.15) is 5.75 Å². The maximum atomic E-state index is 11.1. The van der Waals surface area contributed by atoms with Crippen LogP contribution < -0.4 is 4.74 Å². The van der Waals surface area contributed by atoms with E-state index in [9.17, 15) is 4.79 Å². The zero-order valence-electron chi connectivity index (χ0n) is 7.27. The summed E-state index contributed by atoms with van der Waals surface area (Å²) < 4.78 is 5.70. The predicted octanol–water partition coefficient (Wildman–Crippen LogP) is 3.14. The van der Waals surface area contributed by atoms with Gasteiger partial charge in [0, 0.05) is 5.02 Å². The fourth-order valence-electron chi connectivity index (χ4n) is 0.862. The van der Waals surface area contributed by atoms with Gasteiger partial charge < -0.3 is 4.74 Å². The molecule has 1 aromatic carbocycles. The third-order valence-corrected chi connectivity index (χ3v) is 2.06. The quantitative estimate of drug-likeness (QED) is 0.749. The molecule has 1 rings (SSSR count). The van der Waals surface area contributed by atoms with E-state index in [0.29, 0.717) is 10.8 Å². The zero-order valence-corrected chi connectivity index (χ0v) is 9.81. The molecule has 14 heavy (non-hydrogen) atoms. The summed E-state index contributed by atoms with van der Waals surface area (Å²) in [5, 5.41) is 0.593. The minimum atomic E-state index is -0.665. The maximum absolute atomic E-state index is 11.1. The number of rotatable bonds is 1. The molecule has 3 nitrogen and oxygen atoms in total. The Hall–Kier alpha value is -0.520. The molecular weight excluding hydrogens is 242 g/mol. The van der Waals surface area contributed by atoms with Gasteiger partial charge in [0.2, 0.25) is 0 Å². The van der Waals surface area contributed by atoms with Crippen LogP contribution in [-0.2, 0) is 0 Å². The molecule has 76 valence electrons. The van der Waals surface area contributed by atoms with Gasteiger partial charge >= 0.3 is 6.09 Å². The van der Waals surface area contributed by atoms with Crippen LogP contribution in [-0.4, -0.2) is 9.80 Å². The molecule has 0 heterocycles. The zero-order chi connectivity index (χ0) is 10.7. The highest BCUT2D eigenvalue weighted by atomic mass is 35.5. The van der Waals surface area contributed by atoms with E-state index in [1.165, 1.54) is 0 Å². The number of amides is 1. The number of hydrogen-bond acceptors (Lipinski definition) is 4. The molecule has 0 saturated carbocycles. The largest absolute Gasteiger partial charge is 0.435 e. The summed E-state index contributed by atoms with van der Waals surface area (Å²) in [4.78, 5) is 11.1. The summed E-state index contributed by atoms with van der Waals surface area (Å²) >= 11 is 13.1. The van der Waals surface area contributed by atoms with Crippen molar-refractivity contribution >= 4 is 43.3 Å². The Morgan fingerprint density at radius 1 is 1.50 bits per heavy atom. The van der Waals surface area contributed by atoms with Crippen LogP contribution in [0.25, 0.3) is 0 Å². The number of carbonyl (C=O) groups excluding carboxylic acids is 1. The smallest absolute Gasteiger partial charge is 0.409 e. The van der Waals surface area contributed by atoms with Gasteiger partial charge in [-0.1, -0.05) is 11.6 Å². The number of hydrogen-bond donors (Lipinski definition) is 2. The molecule has 0 radical (unpaired) electrons. The summed E-state index contributed by atoms with van der Waals surface area (Å²) in [6.07, 6.45) is -0.665. The first-order valence-electron chi connectivity index (χ1n) is 3.66. The molecule has 0 atom stereocenters. The van der Waals surface area contributed by atoms with Crippen molar-refractivity contribution in [2.24, 2.45) is 0 Å². The Morgan fingerprint density at radius 3 is 2.64 bits per heavy atom. The van der Waals surface area contributed by atoms with Crippen molar-refractivity contribution in [3.8, 4) is 5.75 Å². The average Bonchev–Trinajstić information content (AvgIpc) is 2.09. The summed E-state index contributed by atoms with van der Waals surface area (Å²) in [6, 6.07) is 4.95. The molecule has 0 aliphatic rings. The normalized spacial score (nSPS) is 9.71. The first-order valence-corrected chi connectivity index (χ1v) is 4.84. The van der Waals surface area contributed by atoms with Crippen molar-refractivity contribution in [1.29, 1.82) is 0 Å². The Morgan fingerprint density at radius 2 is 2.14 bits per heavy atom. The van der Waals surface area contributed by atoms with Crippen LogP contribution in [0.1, 0.15) is 5.56 Å². The van der Waals surface area contributed by atoms with Crippen molar-refractivity contribution in [2.45, 2.75) is 6.92 Å². The van der Waals surface area contributed by atoms with E-state index in [0.717, 1.165) is 9.27 Å². The molecule has 6 heteroatoms. The van der Waals surface area contributed by atoms with E-state index in [2.05, 4.69) is 25.6 Å². The van der Waals surface area contributed by atoms with E-state index >= 15 is 0 Å². The fraction of sp³-hybridized carbons (Fsp3) is 0.125. The standard InChI is InChI=1S/C8H8ClNO2S2/c1-5-4-6(9)2-3-7(5)12-8(11)10(13)14/h2-4,13-14H,1H3. The molecule has 0 saturated heterocycles. The lowest BCUT2D eigenvalue weighted by Crippen LogP contribution is -2.16. The van der Waals surface area contributed by atoms with Gasteiger partial charge in [-0.3, -0.25) is 0 Å². The van der Waals surface area contributed by atoms with Gasteiger partial charge in [0.25, 0.3) is 0 Å². The van der Waals surface area contributed by atoms with E-state index in [4.69, 9.17) is 16.3 Å². The SMILES string of the molecule is Cc1cc(Cl)ccc1OC(=O)N(S)S. The molecule has 1 aromatic rings. The van der Waals surface area contributed by atoms with E-state index in [1.54, 1.807) is 25.1 Å². The lowest BCUT2D eigenvalue weighted by Gasteiger charge is -2.10. The summed E-state index contributed by atoms with van der Waals surface area (Å²) in [5.74, 6) is 0.438. The number of aryl methyl sites for hydroxylation is 1. The van der Waals surface area contributed by atoms with Crippen LogP contribution in [0.3, 0.4) is 0 Å². The molecule has 1 amide bonds. The van der Waals surface area contributed by atoms with Crippen molar-refractivity contribution in [2.75, 3.05) is 0 Å². The molecule has 0 bridgehead atoms. The molecule has 0 aliphatic heterocycles. The minimum absolute atomic E-state index is 0.438. The Balaban J connectivity index is 2.82.